The minimum absolute atomic E-state index is 0.000440. The zero-order chi connectivity index (χ0) is 28.6. The zero-order valence-electron chi connectivity index (χ0n) is 24.1. The van der Waals surface area contributed by atoms with Crippen LogP contribution in [0, 0.1) is 15.5 Å². The molecular weight excluding hydrogens is 620 g/mol. The molecule has 1 saturated heterocycles. The van der Waals surface area contributed by atoms with E-state index in [1.54, 1.807) is 12.1 Å². The van der Waals surface area contributed by atoms with Crippen molar-refractivity contribution in [2.75, 3.05) is 4.90 Å². The Balaban J connectivity index is 2.00. The quantitative estimate of drug-likeness (QED) is 0.161. The summed E-state index contributed by atoms with van der Waals surface area (Å²) in [6, 6.07) is 11.4. The van der Waals surface area contributed by atoms with Crippen molar-refractivity contribution in [3.05, 3.63) is 63.2 Å². The van der Waals surface area contributed by atoms with E-state index >= 15 is 0 Å². The van der Waals surface area contributed by atoms with E-state index in [4.69, 9.17) is 24.1 Å². The first kappa shape index (κ1) is 30.5. The molecule has 220 valence electrons. The second-order valence-corrected chi connectivity index (χ2v) is 21.8. The third-order valence-corrected chi connectivity index (χ3v) is 14.9. The topological polar surface area (TPSA) is 55.6 Å². The van der Waals surface area contributed by atoms with Gasteiger partial charge in [-0.1, -0.05) is 0 Å². The van der Waals surface area contributed by atoms with E-state index in [0.717, 1.165) is 32.1 Å². The first-order valence-electron chi connectivity index (χ1n) is 14.2. The van der Waals surface area contributed by atoms with E-state index in [0.29, 0.717) is 11.3 Å². The van der Waals surface area contributed by atoms with Gasteiger partial charge in [-0.25, -0.2) is 0 Å². The number of benzene rings is 2. The van der Waals surface area contributed by atoms with Crippen molar-refractivity contribution in [2.45, 2.75) is 109 Å². The fourth-order valence-electron chi connectivity index (χ4n) is 6.91. The van der Waals surface area contributed by atoms with Crippen molar-refractivity contribution < 1.29 is 22.0 Å². The van der Waals surface area contributed by atoms with E-state index in [1.165, 1.54) is 42.1 Å². The number of para-hydroxylation sites is 1. The van der Waals surface area contributed by atoms with Gasteiger partial charge in [0.05, 0.1) is 0 Å². The number of ether oxygens (including phenoxy) is 1. The van der Waals surface area contributed by atoms with Gasteiger partial charge in [-0.05, 0) is 0 Å². The third kappa shape index (κ3) is 6.09. The standard InChI is InChI=1S/C21H32N.C10H11NO3.2ClH.Ru/c1-5-17-11-10-12-18(6-2)19(17)22-16-21(15-20(22,3)4)13-8-7-9-14-21;1-7(2)14-10-5-4-9(11(12)13)6-8(10)3;;;/h10-12,16H,5-9,13-15H2,1-4H3;3-7H,1-2H3;2*1H;/q;;;;-1/p-2. The maximum atomic E-state index is 11.7. The molecule has 1 aliphatic carbocycles. The fraction of sp³-hybridized carbons (Fsp3) is 0.581. The van der Waals surface area contributed by atoms with Gasteiger partial charge in [0.15, 0.2) is 0 Å². The Bertz CT molecular complexity index is 1240. The molecule has 1 heterocycles. The zero-order valence-corrected chi connectivity index (χ0v) is 27.3. The van der Waals surface area contributed by atoms with Gasteiger partial charge in [-0.2, -0.15) is 0 Å². The van der Waals surface area contributed by atoms with Crippen LogP contribution in [0.15, 0.2) is 36.4 Å². The minimum atomic E-state index is -3.71. The van der Waals surface area contributed by atoms with Gasteiger partial charge in [0.1, 0.15) is 0 Å². The molecule has 8 heteroatoms. The molecule has 2 fully saturated rings. The summed E-state index contributed by atoms with van der Waals surface area (Å²) in [5.41, 5.74) is 4.44. The molecule has 0 amide bonds. The van der Waals surface area contributed by atoms with Crippen LogP contribution in [0.25, 0.3) is 0 Å². The van der Waals surface area contributed by atoms with Crippen LogP contribution in [0.4, 0.5) is 11.4 Å². The molecule has 1 aliphatic heterocycles. The average molecular weight is 664 g/mol. The summed E-state index contributed by atoms with van der Waals surface area (Å²) in [4.78, 5) is 13.9. The number of hydrogen-bond donors (Lipinski definition) is 0. The first-order chi connectivity index (χ1) is 18.3. The summed E-state index contributed by atoms with van der Waals surface area (Å²) in [6.45, 7) is 13.0. The van der Waals surface area contributed by atoms with Gasteiger partial charge in [0.2, 0.25) is 0 Å². The molecule has 1 atom stereocenters. The molecule has 2 aromatic carbocycles. The number of nitro groups is 1. The predicted molar refractivity (Wildman–Crippen MR) is 161 cm³/mol. The number of halogens is 2. The Morgan fingerprint density at radius 3 is 2.26 bits per heavy atom. The van der Waals surface area contributed by atoms with Crippen molar-refractivity contribution in [1.29, 1.82) is 0 Å². The number of nitrogens with zero attached hydrogens (tertiary/aromatic N) is 2. The molecule has 2 aliphatic rings. The van der Waals surface area contributed by atoms with Gasteiger partial charge in [0.25, 0.3) is 0 Å². The summed E-state index contributed by atoms with van der Waals surface area (Å²) in [5.74, 6) is 0.590. The molecule has 1 saturated carbocycles. The van der Waals surface area contributed by atoms with E-state index in [2.05, 4.69) is 50.8 Å². The van der Waals surface area contributed by atoms with Crippen molar-refractivity contribution in [3.63, 3.8) is 0 Å². The summed E-state index contributed by atoms with van der Waals surface area (Å²) in [7, 11) is 15.4. The molecule has 5 nitrogen and oxygen atoms in total. The van der Waals surface area contributed by atoms with Crippen LogP contribution in [-0.2, 0) is 25.2 Å². The van der Waals surface area contributed by atoms with Crippen molar-refractivity contribution in [2.24, 2.45) is 5.41 Å². The Labute approximate surface area is 244 Å². The van der Waals surface area contributed by atoms with Gasteiger partial charge in [-0.3, -0.25) is 0 Å². The van der Waals surface area contributed by atoms with Crippen LogP contribution >= 0.6 is 19.4 Å². The van der Waals surface area contributed by atoms with Crippen molar-refractivity contribution in [3.8, 4) is 5.75 Å². The second kappa shape index (κ2) is 11.8. The second-order valence-electron chi connectivity index (χ2n) is 12.0. The van der Waals surface area contributed by atoms with Gasteiger partial charge in [-0.15, -0.1) is 0 Å². The number of nitro benzene ring substituents is 1. The van der Waals surface area contributed by atoms with Crippen LogP contribution in [0.5, 0.6) is 5.75 Å². The van der Waals surface area contributed by atoms with Gasteiger partial charge >= 0.3 is 246 Å². The molecular formula is C31H43Cl2N2O3Ru-3. The number of aryl methyl sites for hydroxylation is 2. The Morgan fingerprint density at radius 1 is 1.10 bits per heavy atom. The van der Waals surface area contributed by atoms with Crippen LogP contribution in [0.1, 0.15) is 96.8 Å². The predicted octanol–water partition coefficient (Wildman–Crippen LogP) is 9.08. The fourth-order valence-corrected chi connectivity index (χ4v) is 15.6. The van der Waals surface area contributed by atoms with E-state index < -0.39 is 12.3 Å². The van der Waals surface area contributed by atoms with Crippen LogP contribution in [-0.4, -0.2) is 25.8 Å². The van der Waals surface area contributed by atoms with Crippen molar-refractivity contribution >= 4 is 35.4 Å². The average Bonchev–Trinajstić information content (AvgIpc) is 3.10. The number of rotatable bonds is 8. The van der Waals surface area contributed by atoms with Crippen LogP contribution in [0.2, 0.25) is 0 Å². The molecule has 0 aromatic heterocycles. The number of non-ortho nitro benzene ring substituents is 1. The summed E-state index contributed by atoms with van der Waals surface area (Å²) in [5, 5.41) is 11.7. The van der Waals surface area contributed by atoms with E-state index in [1.807, 2.05) is 18.5 Å². The van der Waals surface area contributed by atoms with Crippen molar-refractivity contribution in [1.82, 2.24) is 0 Å². The van der Waals surface area contributed by atoms with Crippen LogP contribution in [0.3, 0.4) is 0 Å². The Kier molecular flexibility index (Phi) is 9.21. The normalized spacial score (nSPS) is 20.8. The molecule has 2 aromatic rings. The van der Waals surface area contributed by atoms with E-state index in [-0.39, 0.29) is 32.3 Å². The van der Waals surface area contributed by atoms with Gasteiger partial charge in [0, 0.05) is 0 Å². The van der Waals surface area contributed by atoms with Gasteiger partial charge < -0.3 is 0 Å². The molecule has 0 radical (unpaired) electrons. The SMILES string of the molecule is CCc1cccc(CC)c1N1[CH]([Ru-3]([Cl])([Cl])=[CH]c2cc([N+](=O)[O-])ccc2OC(C)C)C2(CCCCC2)CC1(C)C. The third-order valence-electron chi connectivity index (χ3n) is 8.27. The Hall–Kier alpha value is -1.49. The molecule has 0 bridgehead atoms. The maximum absolute atomic E-state index is 11.7. The summed E-state index contributed by atoms with van der Waals surface area (Å²) in [6.07, 6.45) is 8.62. The number of hydrogen-bond acceptors (Lipinski definition) is 4. The monoisotopic (exact) mass is 663 g/mol. The summed E-state index contributed by atoms with van der Waals surface area (Å²) >= 11 is -3.71. The molecule has 1 unspecified atom stereocenters. The first-order valence-corrected chi connectivity index (χ1v) is 20.6. The molecule has 4 rings (SSSR count). The van der Waals surface area contributed by atoms with E-state index in [9.17, 15) is 10.1 Å². The molecule has 0 N–H and O–H groups in total. The molecule has 1 spiro atoms. The van der Waals surface area contributed by atoms with Crippen LogP contribution < -0.4 is 9.64 Å². The Morgan fingerprint density at radius 2 is 1.72 bits per heavy atom. The number of anilines is 1. The molecule has 39 heavy (non-hydrogen) atoms. The summed E-state index contributed by atoms with van der Waals surface area (Å²) < 4.78 is 8.03.